The van der Waals surface area contributed by atoms with Crippen LogP contribution in [0, 0.1) is 11.8 Å². The fourth-order valence-electron chi connectivity index (χ4n) is 4.54. The summed E-state index contributed by atoms with van der Waals surface area (Å²) in [7, 11) is 0. The number of aromatic nitrogens is 3. The van der Waals surface area contributed by atoms with Crippen molar-refractivity contribution >= 4 is 22.6 Å². The number of benzene rings is 1. The smallest absolute Gasteiger partial charge is 0.255 e. The Morgan fingerprint density at radius 1 is 1.22 bits per heavy atom. The van der Waals surface area contributed by atoms with Crippen molar-refractivity contribution in [2.45, 2.75) is 71.1 Å². The number of fused-ring (bicyclic) bond motifs is 1. The largest absolute Gasteiger partial charge is 0.381 e. The number of carbonyl (C=O) groups excluding carboxylic acids is 1. The zero-order valence-electron chi connectivity index (χ0n) is 18.8. The Morgan fingerprint density at radius 2 is 1.97 bits per heavy atom. The van der Waals surface area contributed by atoms with Crippen molar-refractivity contribution in [2.75, 3.05) is 5.32 Å². The molecule has 2 N–H and O–H groups in total. The van der Waals surface area contributed by atoms with E-state index in [1.165, 1.54) is 0 Å². The van der Waals surface area contributed by atoms with Gasteiger partial charge in [-0.3, -0.25) is 4.79 Å². The van der Waals surface area contributed by atoms with Crippen molar-refractivity contribution in [3.8, 4) is 0 Å². The number of hydrogen-bond donors (Lipinski definition) is 2. The van der Waals surface area contributed by atoms with Gasteiger partial charge in [0.05, 0.1) is 34.9 Å². The van der Waals surface area contributed by atoms with Crippen molar-refractivity contribution in [3.63, 3.8) is 0 Å². The molecule has 168 valence electrons. The molecule has 1 unspecified atom stereocenters. The van der Waals surface area contributed by atoms with E-state index in [0.29, 0.717) is 12.1 Å². The van der Waals surface area contributed by atoms with Gasteiger partial charge in [0, 0.05) is 18.8 Å². The van der Waals surface area contributed by atoms with Crippen LogP contribution in [0.3, 0.4) is 0 Å². The van der Waals surface area contributed by atoms with Gasteiger partial charge in [-0.1, -0.05) is 29.4 Å². The molecular formula is C24H30N6O2. The van der Waals surface area contributed by atoms with E-state index in [4.69, 9.17) is 0 Å². The fourth-order valence-corrected chi connectivity index (χ4v) is 4.54. The molecule has 8 nitrogen and oxygen atoms in total. The van der Waals surface area contributed by atoms with Crippen molar-refractivity contribution < 1.29 is 4.79 Å². The third kappa shape index (κ3) is 4.35. The maximum Gasteiger partial charge on any atom is 0.255 e. The Morgan fingerprint density at radius 3 is 2.66 bits per heavy atom. The Labute approximate surface area is 187 Å². The highest BCUT2D eigenvalue weighted by atomic mass is 16.3. The van der Waals surface area contributed by atoms with Crippen LogP contribution >= 0.6 is 0 Å². The van der Waals surface area contributed by atoms with E-state index in [0.717, 1.165) is 53.5 Å². The minimum atomic E-state index is -0.176. The lowest BCUT2D eigenvalue weighted by atomic mass is 9.91. The Kier molecular flexibility index (Phi) is 6.48. The number of amides is 1. The lowest BCUT2D eigenvalue weighted by Gasteiger charge is -2.27. The first-order valence-electron chi connectivity index (χ1n) is 11.3. The quantitative estimate of drug-likeness (QED) is 0.523. The first kappa shape index (κ1) is 21.9. The molecule has 1 amide bonds. The van der Waals surface area contributed by atoms with Crippen LogP contribution < -0.4 is 10.6 Å². The minimum Gasteiger partial charge on any atom is -0.381 e. The number of aryl methyl sites for hydroxylation is 2. The van der Waals surface area contributed by atoms with E-state index in [1.54, 1.807) is 12.4 Å². The van der Waals surface area contributed by atoms with Gasteiger partial charge in [-0.25, -0.2) is 9.67 Å². The highest BCUT2D eigenvalue weighted by Crippen LogP contribution is 2.31. The van der Waals surface area contributed by atoms with Crippen molar-refractivity contribution in [1.29, 1.82) is 0 Å². The summed E-state index contributed by atoms with van der Waals surface area (Å²) in [6, 6.07) is 7.98. The predicted molar refractivity (Wildman–Crippen MR) is 126 cm³/mol. The first-order valence-corrected chi connectivity index (χ1v) is 11.3. The third-order valence-electron chi connectivity index (χ3n) is 6.41. The molecule has 0 spiro atoms. The van der Waals surface area contributed by atoms with Crippen LogP contribution in [0.5, 0.6) is 0 Å². The van der Waals surface area contributed by atoms with Gasteiger partial charge in [0.15, 0.2) is 5.65 Å². The van der Waals surface area contributed by atoms with E-state index in [-0.39, 0.29) is 24.0 Å². The topological polar surface area (TPSA) is 101 Å². The molecule has 1 aliphatic carbocycles. The lowest BCUT2D eigenvalue weighted by Crippen LogP contribution is -2.31. The van der Waals surface area contributed by atoms with Gasteiger partial charge in [-0.2, -0.15) is 10.0 Å². The number of anilines is 1. The lowest BCUT2D eigenvalue weighted by molar-refractivity contribution is 0.0940. The second-order valence-corrected chi connectivity index (χ2v) is 8.55. The SMILES string of the molecule is CCn1ncc2c(NC3CCC(N=O)CC3)c(C(=O)NC(C)c3ccccc3C)cnc21. The average Bonchev–Trinajstić information content (AvgIpc) is 3.23. The minimum absolute atomic E-state index is 0.105. The number of nitrogens with zero attached hydrogens (tertiary/aromatic N) is 4. The number of pyridine rings is 1. The van der Waals surface area contributed by atoms with Gasteiger partial charge in [-0.15, -0.1) is 0 Å². The predicted octanol–water partition coefficient (Wildman–Crippen LogP) is 4.74. The van der Waals surface area contributed by atoms with E-state index in [2.05, 4.69) is 25.9 Å². The fraction of sp³-hybridized carbons (Fsp3) is 0.458. The summed E-state index contributed by atoms with van der Waals surface area (Å²) in [6.45, 7) is 6.74. The monoisotopic (exact) mass is 434 g/mol. The number of nitrogens with one attached hydrogen (secondary N) is 2. The molecule has 1 aromatic carbocycles. The van der Waals surface area contributed by atoms with Crippen LogP contribution in [-0.4, -0.2) is 32.8 Å². The molecule has 2 heterocycles. The van der Waals surface area contributed by atoms with Crippen LogP contribution in [0.2, 0.25) is 0 Å². The summed E-state index contributed by atoms with van der Waals surface area (Å²) >= 11 is 0. The van der Waals surface area contributed by atoms with Crippen molar-refractivity contribution in [2.24, 2.45) is 5.18 Å². The molecule has 8 heteroatoms. The van der Waals surface area contributed by atoms with E-state index < -0.39 is 0 Å². The standard InChI is InChI=1S/C24H30N6O2/c1-4-30-23-20(14-26-30)22(28-17-9-11-18(29-32)12-10-17)21(13-25-23)24(31)27-16(3)19-8-6-5-7-15(19)2/h5-8,13-14,16-18H,4,9-12H2,1-3H3,(H,25,28)(H,27,31). The zero-order valence-corrected chi connectivity index (χ0v) is 18.8. The molecule has 1 fully saturated rings. The van der Waals surface area contributed by atoms with Crippen LogP contribution in [0.25, 0.3) is 11.0 Å². The summed E-state index contributed by atoms with van der Waals surface area (Å²) in [6.07, 6.45) is 6.60. The van der Waals surface area contributed by atoms with Gasteiger partial charge >= 0.3 is 0 Å². The van der Waals surface area contributed by atoms with Crippen LogP contribution in [0.15, 0.2) is 41.8 Å². The summed E-state index contributed by atoms with van der Waals surface area (Å²) in [5, 5.41) is 15.2. The van der Waals surface area contributed by atoms with E-state index in [9.17, 15) is 9.70 Å². The molecule has 0 radical (unpaired) electrons. The Bertz CT molecular complexity index is 1120. The molecule has 3 aromatic rings. The molecule has 1 saturated carbocycles. The third-order valence-corrected chi connectivity index (χ3v) is 6.41. The maximum atomic E-state index is 13.3. The van der Waals surface area contributed by atoms with Gasteiger partial charge < -0.3 is 10.6 Å². The molecule has 2 aromatic heterocycles. The first-order chi connectivity index (χ1) is 15.5. The normalized spacial score (nSPS) is 19.5. The summed E-state index contributed by atoms with van der Waals surface area (Å²) in [5.74, 6) is -0.176. The van der Waals surface area contributed by atoms with Crippen LogP contribution in [0.1, 0.15) is 67.1 Å². The van der Waals surface area contributed by atoms with E-state index >= 15 is 0 Å². The number of hydrogen-bond acceptors (Lipinski definition) is 6. The Hall–Kier alpha value is -3.29. The highest BCUT2D eigenvalue weighted by molar-refractivity contribution is 6.06. The highest BCUT2D eigenvalue weighted by Gasteiger charge is 2.25. The average molecular weight is 435 g/mol. The summed E-state index contributed by atoms with van der Waals surface area (Å²) in [5.41, 5.74) is 4.23. The zero-order chi connectivity index (χ0) is 22.7. The Balaban J connectivity index is 1.64. The molecule has 0 aliphatic heterocycles. The van der Waals surface area contributed by atoms with E-state index in [1.807, 2.05) is 49.7 Å². The molecule has 0 bridgehead atoms. The van der Waals surface area contributed by atoms with Gasteiger partial charge in [0.25, 0.3) is 5.91 Å². The van der Waals surface area contributed by atoms with Gasteiger partial charge in [0.1, 0.15) is 0 Å². The summed E-state index contributed by atoms with van der Waals surface area (Å²) < 4.78 is 1.82. The number of carbonyl (C=O) groups is 1. The molecule has 1 aliphatic rings. The molecule has 32 heavy (non-hydrogen) atoms. The second-order valence-electron chi connectivity index (χ2n) is 8.55. The number of rotatable bonds is 7. The van der Waals surface area contributed by atoms with Crippen molar-refractivity contribution in [1.82, 2.24) is 20.1 Å². The van der Waals surface area contributed by atoms with Crippen LogP contribution in [0.4, 0.5) is 5.69 Å². The van der Waals surface area contributed by atoms with Gasteiger partial charge in [0.2, 0.25) is 0 Å². The maximum absolute atomic E-state index is 13.3. The van der Waals surface area contributed by atoms with Crippen LogP contribution in [-0.2, 0) is 6.54 Å². The molecule has 0 saturated heterocycles. The molecule has 4 rings (SSSR count). The summed E-state index contributed by atoms with van der Waals surface area (Å²) in [4.78, 5) is 28.8. The molecular weight excluding hydrogens is 404 g/mol. The van der Waals surface area contributed by atoms with Crippen molar-refractivity contribution in [3.05, 3.63) is 58.3 Å². The second kappa shape index (κ2) is 9.46. The molecule has 1 atom stereocenters. The van der Waals surface area contributed by atoms with Gasteiger partial charge in [-0.05, 0) is 57.6 Å². The number of nitroso groups, excluding NO2 is 1.